The molecule has 2 N–H and O–H groups in total. The molecule has 2 aliphatic heterocycles. The van der Waals surface area contributed by atoms with Crippen molar-refractivity contribution in [3.63, 3.8) is 0 Å². The molecule has 0 bridgehead atoms. The fraction of sp³-hybridized carbons (Fsp3) is 0.882. The van der Waals surface area contributed by atoms with Crippen LogP contribution >= 0.6 is 24.0 Å². The molecule has 0 radical (unpaired) electrons. The lowest BCUT2D eigenvalue weighted by Gasteiger charge is -2.15. The van der Waals surface area contributed by atoms with Crippen molar-refractivity contribution in [1.29, 1.82) is 0 Å². The fourth-order valence-electron chi connectivity index (χ4n) is 2.97. The number of nitrogens with zero attached hydrogens (tertiary/aromatic N) is 2. The van der Waals surface area contributed by atoms with E-state index in [1.54, 1.807) is 0 Å². The number of rotatable bonds is 10. The van der Waals surface area contributed by atoms with Crippen LogP contribution in [0.2, 0.25) is 0 Å². The Morgan fingerprint density at radius 3 is 2.96 bits per heavy atom. The number of hydrogen-bond donors (Lipinski definition) is 2. The molecule has 2 heterocycles. The molecule has 0 aliphatic carbocycles. The highest BCUT2D eigenvalue weighted by atomic mass is 127. The summed E-state index contributed by atoms with van der Waals surface area (Å²) in [5.74, 6) is 1.10. The number of carbonyl (C=O) groups excluding carboxylic acids is 1. The van der Waals surface area contributed by atoms with Gasteiger partial charge in [-0.15, -0.1) is 24.0 Å². The maximum atomic E-state index is 11.5. The molecule has 2 aliphatic rings. The van der Waals surface area contributed by atoms with Crippen LogP contribution in [0.4, 0.5) is 0 Å². The Labute approximate surface area is 168 Å². The zero-order chi connectivity index (χ0) is 17.0. The molecule has 2 rings (SSSR count). The lowest BCUT2D eigenvalue weighted by molar-refractivity contribution is -0.127. The highest BCUT2D eigenvalue weighted by Crippen LogP contribution is 2.11. The molecule has 7 nitrogen and oxygen atoms in total. The van der Waals surface area contributed by atoms with Crippen LogP contribution in [-0.2, 0) is 14.3 Å². The molecule has 1 unspecified atom stereocenters. The van der Waals surface area contributed by atoms with Gasteiger partial charge in [0, 0.05) is 45.8 Å². The number of guanidine groups is 1. The van der Waals surface area contributed by atoms with Crippen molar-refractivity contribution >= 4 is 35.8 Å². The first kappa shape index (κ1) is 22.4. The first-order valence-corrected chi connectivity index (χ1v) is 9.29. The van der Waals surface area contributed by atoms with E-state index in [9.17, 15) is 4.79 Å². The number of carbonyl (C=O) groups is 1. The van der Waals surface area contributed by atoms with Crippen LogP contribution in [0.5, 0.6) is 0 Å². The molecule has 2 saturated heterocycles. The monoisotopic (exact) mass is 468 g/mol. The van der Waals surface area contributed by atoms with E-state index < -0.39 is 0 Å². The molecule has 0 aromatic rings. The number of amides is 1. The van der Waals surface area contributed by atoms with E-state index in [0.717, 1.165) is 71.0 Å². The molecule has 1 amide bonds. The maximum Gasteiger partial charge on any atom is 0.222 e. The van der Waals surface area contributed by atoms with Gasteiger partial charge in [-0.3, -0.25) is 9.79 Å². The summed E-state index contributed by atoms with van der Waals surface area (Å²) in [4.78, 5) is 18.0. The Bertz CT molecular complexity index is 403. The van der Waals surface area contributed by atoms with Crippen LogP contribution in [0.15, 0.2) is 4.99 Å². The SMILES string of the molecule is CCNC(=NCCCN1CCCC1=O)NCCOCC1CCCO1.I. The van der Waals surface area contributed by atoms with E-state index in [1.807, 2.05) is 11.8 Å². The molecule has 0 spiro atoms. The second kappa shape index (κ2) is 13.6. The Balaban J connectivity index is 0.00000312. The summed E-state index contributed by atoms with van der Waals surface area (Å²) in [7, 11) is 0. The van der Waals surface area contributed by atoms with Gasteiger partial charge in [0.25, 0.3) is 0 Å². The van der Waals surface area contributed by atoms with Crippen LogP contribution in [-0.4, -0.2) is 75.4 Å². The van der Waals surface area contributed by atoms with Gasteiger partial charge in [0.15, 0.2) is 5.96 Å². The van der Waals surface area contributed by atoms with Gasteiger partial charge in [-0.2, -0.15) is 0 Å². The number of nitrogens with one attached hydrogen (secondary N) is 2. The van der Waals surface area contributed by atoms with Gasteiger partial charge >= 0.3 is 0 Å². The van der Waals surface area contributed by atoms with Crippen molar-refractivity contribution in [2.45, 2.75) is 45.1 Å². The van der Waals surface area contributed by atoms with Crippen molar-refractivity contribution in [2.24, 2.45) is 4.99 Å². The van der Waals surface area contributed by atoms with Gasteiger partial charge in [0.2, 0.25) is 5.91 Å². The summed E-state index contributed by atoms with van der Waals surface area (Å²) in [6.07, 6.45) is 5.14. The number of halogens is 1. The van der Waals surface area contributed by atoms with Gasteiger partial charge < -0.3 is 25.0 Å². The molecule has 0 aromatic heterocycles. The highest BCUT2D eigenvalue weighted by molar-refractivity contribution is 14.0. The summed E-state index contributed by atoms with van der Waals surface area (Å²) in [5.41, 5.74) is 0. The standard InChI is InChI=1S/C17H32N4O3.HI/c1-2-18-17(19-8-5-11-21-10-3-7-16(21)22)20-9-13-23-14-15-6-4-12-24-15;/h15H,2-14H2,1H3,(H2,18,19,20);1H. The van der Waals surface area contributed by atoms with Crippen molar-refractivity contribution in [2.75, 3.05) is 52.5 Å². The van der Waals surface area contributed by atoms with E-state index in [4.69, 9.17) is 9.47 Å². The van der Waals surface area contributed by atoms with E-state index in [1.165, 1.54) is 0 Å². The Morgan fingerprint density at radius 2 is 2.28 bits per heavy atom. The van der Waals surface area contributed by atoms with E-state index >= 15 is 0 Å². The topological polar surface area (TPSA) is 75.2 Å². The first-order valence-electron chi connectivity index (χ1n) is 9.29. The second-order valence-electron chi connectivity index (χ2n) is 6.24. The molecule has 8 heteroatoms. The Morgan fingerprint density at radius 1 is 1.40 bits per heavy atom. The smallest absolute Gasteiger partial charge is 0.222 e. The van der Waals surface area contributed by atoms with Crippen molar-refractivity contribution in [3.8, 4) is 0 Å². The van der Waals surface area contributed by atoms with Gasteiger partial charge in [-0.05, 0) is 32.6 Å². The molecular weight excluding hydrogens is 435 g/mol. The van der Waals surface area contributed by atoms with Crippen LogP contribution < -0.4 is 10.6 Å². The zero-order valence-electron chi connectivity index (χ0n) is 15.3. The van der Waals surface area contributed by atoms with Gasteiger partial charge in [0.1, 0.15) is 0 Å². The quantitative estimate of drug-likeness (QED) is 0.219. The third kappa shape index (κ3) is 9.05. The van der Waals surface area contributed by atoms with Gasteiger partial charge in [-0.25, -0.2) is 0 Å². The number of ether oxygens (including phenoxy) is 2. The number of aliphatic imine (C=N–C) groups is 1. The summed E-state index contributed by atoms with van der Waals surface area (Å²) in [6, 6.07) is 0. The summed E-state index contributed by atoms with van der Waals surface area (Å²) in [6.45, 7) is 8.23. The minimum Gasteiger partial charge on any atom is -0.377 e. The lowest BCUT2D eigenvalue weighted by atomic mass is 10.2. The number of hydrogen-bond acceptors (Lipinski definition) is 4. The second-order valence-corrected chi connectivity index (χ2v) is 6.24. The van der Waals surface area contributed by atoms with Crippen molar-refractivity contribution in [1.82, 2.24) is 15.5 Å². The highest BCUT2D eigenvalue weighted by Gasteiger charge is 2.18. The average molecular weight is 468 g/mol. The lowest BCUT2D eigenvalue weighted by Crippen LogP contribution is -2.39. The fourth-order valence-corrected chi connectivity index (χ4v) is 2.97. The van der Waals surface area contributed by atoms with Crippen LogP contribution in [0, 0.1) is 0 Å². The normalized spacial score (nSPS) is 20.7. The summed E-state index contributed by atoms with van der Waals surface area (Å²) < 4.78 is 11.2. The third-order valence-electron chi connectivity index (χ3n) is 4.24. The molecule has 0 aromatic carbocycles. The van der Waals surface area contributed by atoms with Crippen LogP contribution in [0.3, 0.4) is 0 Å². The Hall–Kier alpha value is -0.610. The predicted molar refractivity (Wildman–Crippen MR) is 110 cm³/mol. The molecule has 2 fully saturated rings. The minimum atomic E-state index is 0. The molecule has 146 valence electrons. The Kier molecular flexibility index (Phi) is 12.2. The van der Waals surface area contributed by atoms with E-state index in [2.05, 4.69) is 15.6 Å². The molecular formula is C17H33IN4O3. The zero-order valence-corrected chi connectivity index (χ0v) is 17.6. The third-order valence-corrected chi connectivity index (χ3v) is 4.24. The maximum absolute atomic E-state index is 11.5. The first-order chi connectivity index (χ1) is 11.8. The van der Waals surface area contributed by atoms with Gasteiger partial charge in [-0.1, -0.05) is 0 Å². The van der Waals surface area contributed by atoms with Gasteiger partial charge in [0.05, 0.1) is 19.3 Å². The van der Waals surface area contributed by atoms with Crippen LogP contribution in [0.1, 0.15) is 39.0 Å². The summed E-state index contributed by atoms with van der Waals surface area (Å²) >= 11 is 0. The average Bonchev–Trinajstić information content (AvgIpc) is 3.23. The van der Waals surface area contributed by atoms with Crippen molar-refractivity contribution < 1.29 is 14.3 Å². The van der Waals surface area contributed by atoms with Crippen molar-refractivity contribution in [3.05, 3.63) is 0 Å². The molecule has 1 atom stereocenters. The predicted octanol–water partition coefficient (Wildman–Crippen LogP) is 1.37. The minimum absolute atomic E-state index is 0. The number of likely N-dealkylation sites (tertiary alicyclic amines) is 1. The van der Waals surface area contributed by atoms with E-state index in [0.29, 0.717) is 19.6 Å². The largest absolute Gasteiger partial charge is 0.377 e. The van der Waals surface area contributed by atoms with E-state index in [-0.39, 0.29) is 36.0 Å². The summed E-state index contributed by atoms with van der Waals surface area (Å²) in [5, 5.41) is 6.51. The van der Waals surface area contributed by atoms with Crippen LogP contribution in [0.25, 0.3) is 0 Å². The molecule has 0 saturated carbocycles. The molecule has 25 heavy (non-hydrogen) atoms.